The molecule has 0 saturated carbocycles. The highest BCUT2D eigenvalue weighted by atomic mass is 79.9. The number of carbonyl (C=O) groups excluding carboxylic acids is 1. The molecule has 1 amide bonds. The molecule has 0 unspecified atom stereocenters. The molecule has 0 aliphatic carbocycles. The zero-order valence-corrected chi connectivity index (χ0v) is 13.1. The maximum Gasteiger partial charge on any atom is 0.239 e. The first kappa shape index (κ1) is 16.3. The zero-order chi connectivity index (χ0) is 16.1. The Balaban J connectivity index is 2.04. The summed E-state index contributed by atoms with van der Waals surface area (Å²) >= 11 is 3.21. The molecule has 22 heavy (non-hydrogen) atoms. The number of alkyl halides is 1. The van der Waals surface area contributed by atoms with Crippen LogP contribution in [0.3, 0.4) is 0 Å². The number of carbonyl (C=O) groups is 1. The fraction of sp³-hybridized carbons (Fsp3) is 0.214. The third-order valence-corrected chi connectivity index (χ3v) is 3.69. The first-order chi connectivity index (χ1) is 10.5. The van der Waals surface area contributed by atoms with E-state index < -0.39 is 11.6 Å². The van der Waals surface area contributed by atoms with Crippen molar-refractivity contribution in [2.24, 2.45) is 0 Å². The van der Waals surface area contributed by atoms with Gasteiger partial charge in [0.25, 0.3) is 0 Å². The fourth-order valence-corrected chi connectivity index (χ4v) is 1.61. The van der Waals surface area contributed by atoms with Crippen LogP contribution in [0.1, 0.15) is 13.3 Å². The molecule has 0 fully saturated rings. The Morgan fingerprint density at radius 3 is 2.73 bits per heavy atom. The highest BCUT2D eigenvalue weighted by molar-refractivity contribution is 9.10. The number of aromatic nitrogens is 2. The maximum atomic E-state index is 13.4. The number of amides is 1. The van der Waals surface area contributed by atoms with E-state index in [-0.39, 0.29) is 28.2 Å². The SMILES string of the molecule is CC[C@@H](Br)C(=O)Nc1cnc(Oc2ccc(F)cc2F)cn1. The number of hydrogen-bond donors (Lipinski definition) is 1. The van der Waals surface area contributed by atoms with E-state index in [4.69, 9.17) is 4.74 Å². The van der Waals surface area contributed by atoms with Crippen molar-refractivity contribution in [3.05, 3.63) is 42.2 Å². The van der Waals surface area contributed by atoms with Gasteiger partial charge in [-0.3, -0.25) is 4.79 Å². The lowest BCUT2D eigenvalue weighted by molar-refractivity contribution is -0.115. The van der Waals surface area contributed by atoms with Gasteiger partial charge in [0.2, 0.25) is 11.8 Å². The van der Waals surface area contributed by atoms with Crippen molar-refractivity contribution in [2.45, 2.75) is 18.2 Å². The second kappa shape index (κ2) is 7.26. The molecule has 1 aromatic heterocycles. The van der Waals surface area contributed by atoms with Crippen molar-refractivity contribution in [1.29, 1.82) is 0 Å². The van der Waals surface area contributed by atoms with Crippen LogP contribution in [0.25, 0.3) is 0 Å². The predicted molar refractivity (Wildman–Crippen MR) is 80.1 cm³/mol. The summed E-state index contributed by atoms with van der Waals surface area (Å²) in [5, 5.41) is 2.56. The molecule has 0 saturated heterocycles. The molecule has 116 valence electrons. The van der Waals surface area contributed by atoms with E-state index in [1.54, 1.807) is 0 Å². The molecule has 2 aromatic rings. The minimum atomic E-state index is -0.843. The molecule has 0 aliphatic heterocycles. The fourth-order valence-electron chi connectivity index (χ4n) is 1.49. The molecular weight excluding hydrogens is 360 g/mol. The van der Waals surface area contributed by atoms with Crippen LogP contribution < -0.4 is 10.1 Å². The van der Waals surface area contributed by atoms with Gasteiger partial charge in [-0.05, 0) is 18.6 Å². The average molecular weight is 372 g/mol. The monoisotopic (exact) mass is 371 g/mol. The number of ether oxygens (including phenoxy) is 1. The highest BCUT2D eigenvalue weighted by Crippen LogP contribution is 2.23. The molecule has 1 aromatic carbocycles. The first-order valence-electron chi connectivity index (χ1n) is 6.39. The molecule has 0 aliphatic rings. The molecule has 1 heterocycles. The van der Waals surface area contributed by atoms with E-state index in [1.165, 1.54) is 12.4 Å². The number of hydrogen-bond acceptors (Lipinski definition) is 4. The van der Waals surface area contributed by atoms with Crippen molar-refractivity contribution in [1.82, 2.24) is 9.97 Å². The van der Waals surface area contributed by atoms with Crippen LogP contribution in [0.15, 0.2) is 30.6 Å². The van der Waals surface area contributed by atoms with Crippen LogP contribution in [0.2, 0.25) is 0 Å². The van der Waals surface area contributed by atoms with Gasteiger partial charge in [-0.15, -0.1) is 0 Å². The lowest BCUT2D eigenvalue weighted by Gasteiger charge is -2.09. The van der Waals surface area contributed by atoms with Crippen molar-refractivity contribution in [3.8, 4) is 11.6 Å². The Morgan fingerprint density at radius 1 is 1.36 bits per heavy atom. The van der Waals surface area contributed by atoms with Gasteiger partial charge in [-0.1, -0.05) is 22.9 Å². The summed E-state index contributed by atoms with van der Waals surface area (Å²) in [6.45, 7) is 1.86. The second-order valence-corrected chi connectivity index (χ2v) is 5.39. The van der Waals surface area contributed by atoms with Crippen molar-refractivity contribution >= 4 is 27.7 Å². The molecule has 0 radical (unpaired) electrons. The van der Waals surface area contributed by atoms with Gasteiger partial charge in [-0.25, -0.2) is 18.7 Å². The minimum absolute atomic E-state index is 0.0226. The predicted octanol–water partition coefficient (Wildman–Crippen LogP) is 3.66. The summed E-state index contributed by atoms with van der Waals surface area (Å²) in [7, 11) is 0. The van der Waals surface area contributed by atoms with Gasteiger partial charge < -0.3 is 10.1 Å². The van der Waals surface area contributed by atoms with Gasteiger partial charge in [0.1, 0.15) is 5.82 Å². The molecule has 8 heteroatoms. The van der Waals surface area contributed by atoms with Gasteiger partial charge in [0, 0.05) is 6.07 Å². The largest absolute Gasteiger partial charge is 0.434 e. The van der Waals surface area contributed by atoms with E-state index in [9.17, 15) is 13.6 Å². The van der Waals surface area contributed by atoms with E-state index in [2.05, 4.69) is 31.2 Å². The van der Waals surface area contributed by atoms with Gasteiger partial charge in [-0.2, -0.15) is 0 Å². The van der Waals surface area contributed by atoms with Crippen LogP contribution in [0, 0.1) is 11.6 Å². The Labute approximate surface area is 133 Å². The summed E-state index contributed by atoms with van der Waals surface area (Å²) in [5.41, 5.74) is 0. The first-order valence-corrected chi connectivity index (χ1v) is 7.31. The van der Waals surface area contributed by atoms with Crippen LogP contribution in [-0.4, -0.2) is 20.7 Å². The summed E-state index contributed by atoms with van der Waals surface area (Å²) < 4.78 is 31.4. The summed E-state index contributed by atoms with van der Waals surface area (Å²) in [4.78, 5) is 19.2. The summed E-state index contributed by atoms with van der Waals surface area (Å²) in [5.74, 6) is -1.68. The van der Waals surface area contributed by atoms with Crippen molar-refractivity contribution < 1.29 is 18.3 Å². The number of halogens is 3. The lowest BCUT2D eigenvalue weighted by atomic mass is 10.3. The topological polar surface area (TPSA) is 64.1 Å². The van der Waals surface area contributed by atoms with Crippen LogP contribution in [0.5, 0.6) is 11.6 Å². The van der Waals surface area contributed by atoms with E-state index in [1.807, 2.05) is 6.92 Å². The number of nitrogens with zero attached hydrogens (tertiary/aromatic N) is 2. The van der Waals surface area contributed by atoms with Crippen LogP contribution >= 0.6 is 15.9 Å². The Bertz CT molecular complexity index is 668. The van der Waals surface area contributed by atoms with E-state index in [0.717, 1.165) is 12.1 Å². The smallest absolute Gasteiger partial charge is 0.239 e. The Hall–Kier alpha value is -2.09. The van der Waals surface area contributed by atoms with E-state index >= 15 is 0 Å². The van der Waals surface area contributed by atoms with Crippen molar-refractivity contribution in [2.75, 3.05) is 5.32 Å². The van der Waals surface area contributed by atoms with E-state index in [0.29, 0.717) is 12.5 Å². The number of rotatable bonds is 5. The quantitative estimate of drug-likeness (QED) is 0.814. The normalized spacial score (nSPS) is 11.8. The number of anilines is 1. The van der Waals surface area contributed by atoms with Crippen LogP contribution in [0.4, 0.5) is 14.6 Å². The third kappa shape index (κ3) is 4.20. The van der Waals surface area contributed by atoms with Gasteiger partial charge in [0.05, 0.1) is 17.2 Å². The summed E-state index contributed by atoms with van der Waals surface area (Å²) in [6, 6.07) is 2.93. The Morgan fingerprint density at radius 2 is 2.14 bits per heavy atom. The van der Waals surface area contributed by atoms with Gasteiger partial charge in [0.15, 0.2) is 17.4 Å². The average Bonchev–Trinajstić information content (AvgIpc) is 2.51. The molecule has 1 N–H and O–H groups in total. The number of benzene rings is 1. The molecular formula is C14H12BrF2N3O2. The number of nitrogens with one attached hydrogen (secondary N) is 1. The molecule has 1 atom stereocenters. The van der Waals surface area contributed by atoms with Crippen molar-refractivity contribution in [3.63, 3.8) is 0 Å². The third-order valence-electron chi connectivity index (χ3n) is 2.63. The molecule has 5 nitrogen and oxygen atoms in total. The molecule has 2 rings (SSSR count). The lowest BCUT2D eigenvalue weighted by Crippen LogP contribution is -2.22. The van der Waals surface area contributed by atoms with Gasteiger partial charge >= 0.3 is 0 Å². The summed E-state index contributed by atoms with van der Waals surface area (Å²) in [6.07, 6.45) is 3.14. The molecule has 0 bridgehead atoms. The highest BCUT2D eigenvalue weighted by Gasteiger charge is 2.13. The standard InChI is InChI=1S/C14H12BrF2N3O2/c1-2-9(15)14(21)20-12-6-19-13(7-18-12)22-11-4-3-8(16)5-10(11)17/h3-7,9H,2H2,1H3,(H,18,20,21)/t9-/m1/s1. The minimum Gasteiger partial charge on any atom is -0.434 e. The zero-order valence-electron chi connectivity index (χ0n) is 11.5. The molecule has 0 spiro atoms. The van der Waals surface area contributed by atoms with Crippen LogP contribution in [-0.2, 0) is 4.79 Å². The second-order valence-electron chi connectivity index (χ2n) is 4.28. The maximum absolute atomic E-state index is 13.4. The Kier molecular flexibility index (Phi) is 5.37.